The van der Waals surface area contributed by atoms with Crippen molar-refractivity contribution in [2.24, 2.45) is 0 Å². The van der Waals surface area contributed by atoms with Gasteiger partial charge >= 0.3 is 18.0 Å². The first-order valence-electron chi connectivity index (χ1n) is 5.53. The number of hydrogen-bond donors (Lipinski definition) is 0. The minimum absolute atomic E-state index is 0.0104. The van der Waals surface area contributed by atoms with E-state index < -0.39 is 30.5 Å². The summed E-state index contributed by atoms with van der Waals surface area (Å²) < 4.78 is 94.0. The zero-order chi connectivity index (χ0) is 16.5. The summed E-state index contributed by atoms with van der Waals surface area (Å²) in [6.45, 7) is 0. The van der Waals surface area contributed by atoms with Gasteiger partial charge in [-0.2, -0.15) is 26.3 Å². The minimum Gasteiger partial charge on any atom is -0.377 e. The number of alkyl halides is 7. The SMILES string of the molecule is COC(CC(F)(C(F)(F)F)C(F)(F)F)c1ccc(Br)cc1. The van der Waals surface area contributed by atoms with E-state index in [1.807, 2.05) is 0 Å². The van der Waals surface area contributed by atoms with E-state index in [1.165, 1.54) is 24.3 Å². The van der Waals surface area contributed by atoms with E-state index >= 15 is 0 Å². The van der Waals surface area contributed by atoms with Crippen molar-refractivity contribution in [3.05, 3.63) is 34.3 Å². The second kappa shape index (κ2) is 6.12. The Kier molecular flexibility index (Phi) is 5.31. The number of methoxy groups -OCH3 is 1. The topological polar surface area (TPSA) is 9.23 Å². The molecule has 21 heavy (non-hydrogen) atoms. The third-order valence-corrected chi connectivity index (χ3v) is 3.42. The highest BCUT2D eigenvalue weighted by atomic mass is 79.9. The molecule has 0 heterocycles. The van der Waals surface area contributed by atoms with Crippen molar-refractivity contribution in [3.63, 3.8) is 0 Å². The first kappa shape index (κ1) is 18.2. The first-order valence-corrected chi connectivity index (χ1v) is 6.32. The Balaban J connectivity index is 3.15. The second-order valence-corrected chi connectivity index (χ2v) is 5.19. The summed E-state index contributed by atoms with van der Waals surface area (Å²) in [5.74, 6) is 0. The molecule has 0 saturated heterocycles. The van der Waals surface area contributed by atoms with Gasteiger partial charge < -0.3 is 4.74 Å². The van der Waals surface area contributed by atoms with Crippen molar-refractivity contribution in [2.45, 2.75) is 30.5 Å². The van der Waals surface area contributed by atoms with Crippen LogP contribution in [0, 0.1) is 0 Å². The molecule has 1 aromatic carbocycles. The summed E-state index contributed by atoms with van der Waals surface area (Å²) in [6.07, 6.45) is -15.8. The maximum absolute atomic E-state index is 13.7. The molecule has 1 atom stereocenters. The van der Waals surface area contributed by atoms with Gasteiger partial charge in [0, 0.05) is 18.0 Å². The number of rotatable bonds is 4. The van der Waals surface area contributed by atoms with Gasteiger partial charge in [-0.05, 0) is 17.7 Å². The molecule has 120 valence electrons. The zero-order valence-electron chi connectivity index (χ0n) is 10.5. The van der Waals surface area contributed by atoms with E-state index in [4.69, 9.17) is 0 Å². The standard InChI is InChI=1S/C12H10BrF7O/c1-21-9(7-2-4-8(13)5-3-7)6-10(14,11(15,16)17)12(18,19)20/h2-5,9H,6H2,1H3. The van der Waals surface area contributed by atoms with Crippen molar-refractivity contribution < 1.29 is 35.5 Å². The molecular weight excluding hydrogens is 373 g/mol. The van der Waals surface area contributed by atoms with Gasteiger partial charge in [0.2, 0.25) is 0 Å². The number of halogens is 8. The maximum Gasteiger partial charge on any atom is 0.431 e. The van der Waals surface area contributed by atoms with Crippen LogP contribution in [0.5, 0.6) is 0 Å². The van der Waals surface area contributed by atoms with Crippen LogP contribution in [0.2, 0.25) is 0 Å². The first-order chi connectivity index (χ1) is 9.42. The maximum atomic E-state index is 13.7. The van der Waals surface area contributed by atoms with Gasteiger partial charge in [-0.15, -0.1) is 0 Å². The third kappa shape index (κ3) is 3.88. The summed E-state index contributed by atoms with van der Waals surface area (Å²) in [4.78, 5) is 0. The van der Waals surface area contributed by atoms with Crippen molar-refractivity contribution in [1.82, 2.24) is 0 Å². The van der Waals surface area contributed by atoms with Crippen molar-refractivity contribution in [3.8, 4) is 0 Å². The Bertz CT molecular complexity index is 452. The molecule has 0 radical (unpaired) electrons. The van der Waals surface area contributed by atoms with Crippen molar-refractivity contribution >= 4 is 15.9 Å². The lowest BCUT2D eigenvalue weighted by Gasteiger charge is -2.32. The lowest BCUT2D eigenvalue weighted by Crippen LogP contribution is -2.54. The third-order valence-electron chi connectivity index (χ3n) is 2.89. The van der Waals surface area contributed by atoms with E-state index in [1.54, 1.807) is 0 Å². The Labute approximate surface area is 124 Å². The summed E-state index contributed by atoms with van der Waals surface area (Å²) in [5, 5.41) is 0. The second-order valence-electron chi connectivity index (χ2n) is 4.28. The fourth-order valence-corrected chi connectivity index (χ4v) is 1.93. The lowest BCUT2D eigenvalue weighted by atomic mass is 9.93. The van der Waals surface area contributed by atoms with Gasteiger partial charge in [0.15, 0.2) is 0 Å². The van der Waals surface area contributed by atoms with E-state index in [0.717, 1.165) is 7.11 Å². The fraction of sp³-hybridized carbons (Fsp3) is 0.500. The highest BCUT2D eigenvalue weighted by Crippen LogP contribution is 2.51. The van der Waals surface area contributed by atoms with Gasteiger partial charge in [-0.3, -0.25) is 0 Å². The van der Waals surface area contributed by atoms with Gasteiger partial charge in [-0.1, -0.05) is 28.1 Å². The lowest BCUT2D eigenvalue weighted by molar-refractivity contribution is -0.348. The Morgan fingerprint density at radius 2 is 1.38 bits per heavy atom. The highest BCUT2D eigenvalue weighted by Gasteiger charge is 2.72. The summed E-state index contributed by atoms with van der Waals surface area (Å²) in [5.41, 5.74) is -5.33. The molecule has 0 fully saturated rings. The predicted octanol–water partition coefficient (Wildman–Crippen LogP) is 5.36. The number of hydrogen-bond acceptors (Lipinski definition) is 1. The van der Waals surface area contributed by atoms with Crippen LogP contribution in [0.3, 0.4) is 0 Å². The van der Waals surface area contributed by atoms with Crippen LogP contribution >= 0.6 is 15.9 Å². The predicted molar refractivity (Wildman–Crippen MR) is 64.5 cm³/mol. The summed E-state index contributed by atoms with van der Waals surface area (Å²) >= 11 is 3.07. The van der Waals surface area contributed by atoms with Gasteiger partial charge in [0.1, 0.15) is 0 Å². The monoisotopic (exact) mass is 382 g/mol. The molecule has 0 spiro atoms. The molecule has 0 saturated carbocycles. The molecule has 0 N–H and O–H groups in total. The molecular formula is C12H10BrF7O. The molecule has 0 amide bonds. The Morgan fingerprint density at radius 1 is 0.952 bits per heavy atom. The quantitative estimate of drug-likeness (QED) is 0.637. The summed E-state index contributed by atoms with van der Waals surface area (Å²) in [7, 11) is 0.917. The highest BCUT2D eigenvalue weighted by molar-refractivity contribution is 9.10. The smallest absolute Gasteiger partial charge is 0.377 e. The van der Waals surface area contributed by atoms with Gasteiger partial charge in [-0.25, -0.2) is 4.39 Å². The average Bonchev–Trinajstić information content (AvgIpc) is 2.34. The number of ether oxygens (including phenoxy) is 1. The van der Waals surface area contributed by atoms with Crippen LogP contribution in [0.25, 0.3) is 0 Å². The van der Waals surface area contributed by atoms with Gasteiger partial charge in [0.05, 0.1) is 6.10 Å². The molecule has 1 rings (SSSR count). The molecule has 0 aliphatic rings. The number of benzene rings is 1. The minimum atomic E-state index is -6.09. The van der Waals surface area contributed by atoms with Crippen LogP contribution in [0.15, 0.2) is 28.7 Å². The largest absolute Gasteiger partial charge is 0.431 e. The van der Waals surface area contributed by atoms with E-state index in [0.29, 0.717) is 4.47 Å². The van der Waals surface area contributed by atoms with Crippen molar-refractivity contribution in [1.29, 1.82) is 0 Å². The Hall–Kier alpha value is -0.830. The normalized spacial score (nSPS) is 15.1. The average molecular weight is 383 g/mol. The van der Waals surface area contributed by atoms with Crippen LogP contribution in [-0.2, 0) is 4.74 Å². The van der Waals surface area contributed by atoms with Crippen molar-refractivity contribution in [2.75, 3.05) is 7.11 Å². The van der Waals surface area contributed by atoms with Crippen LogP contribution < -0.4 is 0 Å². The molecule has 9 heteroatoms. The van der Waals surface area contributed by atoms with E-state index in [2.05, 4.69) is 20.7 Å². The molecule has 0 aromatic heterocycles. The van der Waals surface area contributed by atoms with Crippen LogP contribution in [-0.4, -0.2) is 25.1 Å². The summed E-state index contributed by atoms with van der Waals surface area (Å²) in [6, 6.07) is 5.32. The fourth-order valence-electron chi connectivity index (χ4n) is 1.66. The van der Waals surface area contributed by atoms with Gasteiger partial charge in [0.25, 0.3) is 0 Å². The molecule has 1 aromatic rings. The molecule has 0 aliphatic carbocycles. The van der Waals surface area contributed by atoms with E-state index in [-0.39, 0.29) is 5.56 Å². The van der Waals surface area contributed by atoms with Crippen LogP contribution in [0.4, 0.5) is 30.7 Å². The zero-order valence-corrected chi connectivity index (χ0v) is 12.1. The van der Waals surface area contributed by atoms with Crippen LogP contribution in [0.1, 0.15) is 18.1 Å². The molecule has 1 nitrogen and oxygen atoms in total. The Morgan fingerprint density at radius 3 is 1.71 bits per heavy atom. The molecule has 0 bridgehead atoms. The van der Waals surface area contributed by atoms with E-state index in [9.17, 15) is 30.7 Å². The molecule has 1 unspecified atom stereocenters. The molecule has 0 aliphatic heterocycles.